The molecule has 0 aliphatic rings. The van der Waals surface area contributed by atoms with Crippen LogP contribution < -0.4 is 11.3 Å². The number of benzene rings is 2. The molecule has 0 radical (unpaired) electrons. The Bertz CT molecular complexity index is 898. The summed E-state index contributed by atoms with van der Waals surface area (Å²) in [4.78, 5) is 17.4. The normalized spacial score (nSPS) is 11.3. The quantitative estimate of drug-likeness (QED) is 0.739. The summed E-state index contributed by atoms with van der Waals surface area (Å²) in [6, 6.07) is 10.9. The van der Waals surface area contributed by atoms with Crippen molar-refractivity contribution in [1.82, 2.24) is 9.55 Å². The van der Waals surface area contributed by atoms with Gasteiger partial charge in [0, 0.05) is 11.6 Å². The Hall–Kier alpha value is -2.69. The van der Waals surface area contributed by atoms with Crippen LogP contribution in [0.1, 0.15) is 25.6 Å². The third-order valence-electron chi connectivity index (χ3n) is 3.52. The van der Waals surface area contributed by atoms with Crippen LogP contribution in [0, 0.1) is 5.82 Å². The number of aromatic nitrogens is 2. The Morgan fingerprint density at radius 3 is 2.45 bits per heavy atom. The average Bonchev–Trinajstić information content (AvgIpc) is 2.48. The molecule has 0 aliphatic heterocycles. The van der Waals surface area contributed by atoms with Crippen molar-refractivity contribution in [2.75, 3.05) is 5.73 Å². The first-order valence-corrected chi connectivity index (χ1v) is 7.05. The van der Waals surface area contributed by atoms with Crippen LogP contribution in [0.4, 0.5) is 10.1 Å². The molecule has 0 unspecified atom stereocenters. The zero-order valence-electron chi connectivity index (χ0n) is 12.4. The zero-order valence-corrected chi connectivity index (χ0v) is 12.4. The van der Waals surface area contributed by atoms with Gasteiger partial charge in [-0.1, -0.05) is 13.8 Å². The standard InChI is InChI=1S/C17H16FN3O/c1-10(2)16-20-15-9-12(19)5-8-14(15)17(22)21(16)13-6-3-11(18)4-7-13/h3-10H,19H2,1-2H3. The van der Waals surface area contributed by atoms with Gasteiger partial charge in [0.1, 0.15) is 11.6 Å². The Labute approximate surface area is 127 Å². The highest BCUT2D eigenvalue weighted by Crippen LogP contribution is 2.20. The van der Waals surface area contributed by atoms with E-state index in [-0.39, 0.29) is 17.3 Å². The van der Waals surface area contributed by atoms with E-state index >= 15 is 0 Å². The molecule has 1 aromatic heterocycles. The lowest BCUT2D eigenvalue weighted by Crippen LogP contribution is -2.24. The van der Waals surface area contributed by atoms with E-state index in [1.54, 1.807) is 30.3 Å². The monoisotopic (exact) mass is 297 g/mol. The highest BCUT2D eigenvalue weighted by molar-refractivity contribution is 5.81. The lowest BCUT2D eigenvalue weighted by Gasteiger charge is -2.16. The van der Waals surface area contributed by atoms with Gasteiger partial charge in [-0.3, -0.25) is 9.36 Å². The van der Waals surface area contributed by atoms with Crippen molar-refractivity contribution >= 4 is 16.6 Å². The molecule has 0 fully saturated rings. The summed E-state index contributed by atoms with van der Waals surface area (Å²) in [6.45, 7) is 3.92. The predicted octanol–water partition coefficient (Wildman–Crippen LogP) is 3.23. The molecule has 0 spiro atoms. The lowest BCUT2D eigenvalue weighted by molar-refractivity contribution is 0.626. The highest BCUT2D eigenvalue weighted by atomic mass is 19.1. The minimum absolute atomic E-state index is 0.0311. The van der Waals surface area contributed by atoms with Crippen molar-refractivity contribution in [3.63, 3.8) is 0 Å². The Morgan fingerprint density at radius 1 is 1.14 bits per heavy atom. The molecular formula is C17H16FN3O. The van der Waals surface area contributed by atoms with E-state index in [2.05, 4.69) is 4.98 Å². The number of nitrogen functional groups attached to an aromatic ring is 1. The van der Waals surface area contributed by atoms with E-state index in [1.807, 2.05) is 13.8 Å². The molecule has 2 N–H and O–H groups in total. The fourth-order valence-corrected chi connectivity index (χ4v) is 2.45. The first kappa shape index (κ1) is 14.3. The fraction of sp³-hybridized carbons (Fsp3) is 0.176. The summed E-state index contributed by atoms with van der Waals surface area (Å²) in [6.07, 6.45) is 0. The van der Waals surface area contributed by atoms with Gasteiger partial charge in [-0.15, -0.1) is 0 Å². The maximum atomic E-state index is 13.1. The van der Waals surface area contributed by atoms with Crippen LogP contribution >= 0.6 is 0 Å². The van der Waals surface area contributed by atoms with Gasteiger partial charge in [0.25, 0.3) is 5.56 Å². The van der Waals surface area contributed by atoms with E-state index < -0.39 is 0 Å². The lowest BCUT2D eigenvalue weighted by atomic mass is 10.1. The fourth-order valence-electron chi connectivity index (χ4n) is 2.45. The zero-order chi connectivity index (χ0) is 15.9. The van der Waals surface area contributed by atoms with E-state index in [0.29, 0.717) is 28.1 Å². The van der Waals surface area contributed by atoms with Crippen LogP contribution in [-0.2, 0) is 0 Å². The van der Waals surface area contributed by atoms with Crippen molar-refractivity contribution < 1.29 is 4.39 Å². The van der Waals surface area contributed by atoms with Gasteiger partial charge in [0.15, 0.2) is 0 Å². The van der Waals surface area contributed by atoms with Gasteiger partial charge in [-0.2, -0.15) is 0 Å². The van der Waals surface area contributed by atoms with Crippen molar-refractivity contribution in [2.24, 2.45) is 0 Å². The van der Waals surface area contributed by atoms with Crippen molar-refractivity contribution in [3.8, 4) is 5.69 Å². The number of rotatable bonds is 2. The van der Waals surface area contributed by atoms with Crippen LogP contribution in [0.3, 0.4) is 0 Å². The van der Waals surface area contributed by atoms with Gasteiger partial charge < -0.3 is 5.73 Å². The molecule has 112 valence electrons. The summed E-state index contributed by atoms with van der Waals surface area (Å²) in [5.41, 5.74) is 7.33. The SMILES string of the molecule is CC(C)c1nc2cc(N)ccc2c(=O)n1-c1ccc(F)cc1. The van der Waals surface area contributed by atoms with E-state index in [9.17, 15) is 9.18 Å². The summed E-state index contributed by atoms with van der Waals surface area (Å²) < 4.78 is 14.7. The van der Waals surface area contributed by atoms with Crippen LogP contribution in [0.25, 0.3) is 16.6 Å². The van der Waals surface area contributed by atoms with E-state index in [0.717, 1.165) is 0 Å². The minimum Gasteiger partial charge on any atom is -0.399 e. The van der Waals surface area contributed by atoms with Crippen molar-refractivity contribution in [3.05, 3.63) is 64.5 Å². The third-order valence-corrected chi connectivity index (χ3v) is 3.52. The minimum atomic E-state index is -0.343. The highest BCUT2D eigenvalue weighted by Gasteiger charge is 2.15. The first-order valence-electron chi connectivity index (χ1n) is 7.05. The van der Waals surface area contributed by atoms with Crippen molar-refractivity contribution in [2.45, 2.75) is 19.8 Å². The maximum absolute atomic E-state index is 13.1. The Kier molecular flexibility index (Phi) is 3.41. The number of nitrogens with two attached hydrogens (primary N) is 1. The third kappa shape index (κ3) is 2.35. The van der Waals surface area contributed by atoms with Crippen LogP contribution in [0.2, 0.25) is 0 Å². The number of halogens is 1. The molecule has 0 bridgehead atoms. The van der Waals surface area contributed by atoms with Gasteiger partial charge in [0.2, 0.25) is 0 Å². The number of hydrogen-bond donors (Lipinski definition) is 1. The molecule has 0 atom stereocenters. The largest absolute Gasteiger partial charge is 0.399 e. The molecule has 0 saturated carbocycles. The predicted molar refractivity (Wildman–Crippen MR) is 85.8 cm³/mol. The first-order chi connectivity index (χ1) is 10.5. The molecule has 22 heavy (non-hydrogen) atoms. The van der Waals surface area contributed by atoms with Crippen LogP contribution in [-0.4, -0.2) is 9.55 Å². The summed E-state index contributed by atoms with van der Waals surface area (Å²) in [5, 5.41) is 0.489. The molecule has 5 heteroatoms. The molecular weight excluding hydrogens is 281 g/mol. The molecule has 4 nitrogen and oxygen atoms in total. The Balaban J connectivity index is 2.39. The van der Waals surface area contributed by atoms with Crippen molar-refractivity contribution in [1.29, 1.82) is 0 Å². The van der Waals surface area contributed by atoms with Gasteiger partial charge in [-0.25, -0.2) is 9.37 Å². The number of fused-ring (bicyclic) bond motifs is 1. The molecule has 0 aliphatic carbocycles. The summed E-state index contributed by atoms with van der Waals surface area (Å²) in [7, 11) is 0. The molecule has 1 heterocycles. The van der Waals surface area contributed by atoms with Gasteiger partial charge in [-0.05, 0) is 42.5 Å². The number of hydrogen-bond acceptors (Lipinski definition) is 3. The summed E-state index contributed by atoms with van der Waals surface area (Å²) in [5.74, 6) is 0.308. The van der Waals surface area contributed by atoms with Gasteiger partial charge >= 0.3 is 0 Å². The second-order valence-corrected chi connectivity index (χ2v) is 5.52. The topological polar surface area (TPSA) is 60.9 Å². The maximum Gasteiger partial charge on any atom is 0.265 e. The van der Waals surface area contributed by atoms with Crippen LogP contribution in [0.15, 0.2) is 47.3 Å². The van der Waals surface area contributed by atoms with E-state index in [1.165, 1.54) is 16.7 Å². The average molecular weight is 297 g/mol. The Morgan fingerprint density at radius 2 is 1.82 bits per heavy atom. The number of nitrogens with zero attached hydrogens (tertiary/aromatic N) is 2. The van der Waals surface area contributed by atoms with E-state index in [4.69, 9.17) is 5.73 Å². The number of anilines is 1. The van der Waals surface area contributed by atoms with Crippen LogP contribution in [0.5, 0.6) is 0 Å². The smallest absolute Gasteiger partial charge is 0.265 e. The van der Waals surface area contributed by atoms with Gasteiger partial charge in [0.05, 0.1) is 16.6 Å². The molecule has 3 rings (SSSR count). The second kappa shape index (κ2) is 5.26. The molecule has 0 saturated heterocycles. The molecule has 2 aromatic carbocycles. The molecule has 3 aromatic rings. The molecule has 0 amide bonds. The summed E-state index contributed by atoms with van der Waals surface area (Å²) >= 11 is 0. The second-order valence-electron chi connectivity index (χ2n) is 5.52.